The fraction of sp³-hybridized carbons (Fsp3) is 0.362. The lowest BCUT2D eigenvalue weighted by Crippen LogP contribution is -2.50. The van der Waals surface area contributed by atoms with Crippen molar-refractivity contribution >= 4 is 81.0 Å². The number of hydrogen-bond donors (Lipinski definition) is 2. The minimum atomic E-state index is -0.0726. The van der Waals surface area contributed by atoms with Gasteiger partial charge in [-0.05, 0) is 66.9 Å². The van der Waals surface area contributed by atoms with Crippen molar-refractivity contribution in [2.75, 3.05) is 86.8 Å². The number of unbranched alkanes of at least 4 members (excludes halogenated alkanes) is 2. The number of benzene rings is 3. The van der Waals surface area contributed by atoms with Gasteiger partial charge in [0, 0.05) is 75.2 Å². The molecule has 20 heteroatoms. The topological polar surface area (TPSA) is 221 Å². The van der Waals surface area contributed by atoms with Gasteiger partial charge in [-0.3, -0.25) is 9.59 Å². The van der Waals surface area contributed by atoms with Gasteiger partial charge in [0.05, 0.1) is 0 Å². The van der Waals surface area contributed by atoms with E-state index < -0.39 is 0 Å². The number of fused-ring (bicyclic) bond motifs is 2. The van der Waals surface area contributed by atoms with Gasteiger partial charge in [-0.25, -0.2) is 9.97 Å². The fourth-order valence-corrected chi connectivity index (χ4v) is 7.93. The number of rotatable bonds is 15. The van der Waals surface area contributed by atoms with Gasteiger partial charge in [-0.1, -0.05) is 73.3 Å². The van der Waals surface area contributed by atoms with E-state index in [4.69, 9.17) is 53.0 Å². The summed E-state index contributed by atoms with van der Waals surface area (Å²) in [5, 5.41) is 1.24. The van der Waals surface area contributed by atoms with Crippen LogP contribution in [0.3, 0.4) is 0 Å². The maximum Gasteiger partial charge on any atom is 0.260 e. The summed E-state index contributed by atoms with van der Waals surface area (Å²) in [5.41, 5.74) is 15.1. The molecule has 2 fully saturated rings. The zero-order valence-electron chi connectivity index (χ0n) is 37.2. The van der Waals surface area contributed by atoms with Gasteiger partial charge in [-0.15, -0.1) is 0 Å². The average Bonchev–Trinajstić information content (AvgIpc) is 3.96. The van der Waals surface area contributed by atoms with Crippen molar-refractivity contribution in [3.05, 3.63) is 106 Å². The summed E-state index contributed by atoms with van der Waals surface area (Å²) in [6, 6.07) is 24.1. The Bertz CT molecular complexity index is 2740. The molecule has 0 saturated carbocycles. The quantitative estimate of drug-likeness (QED) is 0.102. The van der Waals surface area contributed by atoms with Crippen LogP contribution in [-0.4, -0.2) is 117 Å². The van der Waals surface area contributed by atoms with E-state index in [1.807, 2.05) is 18.2 Å². The van der Waals surface area contributed by atoms with Gasteiger partial charge in [0.25, 0.3) is 23.2 Å². The number of piperazine rings is 2. The van der Waals surface area contributed by atoms with Gasteiger partial charge in [0.1, 0.15) is 11.5 Å². The predicted molar refractivity (Wildman–Crippen MR) is 257 cm³/mol. The molecular formula is C47H52Cl2N12O6. The number of anilines is 4. The minimum absolute atomic E-state index is 0.0171. The molecule has 0 radical (unpaired) electrons. The monoisotopic (exact) mass is 950 g/mol. The summed E-state index contributed by atoms with van der Waals surface area (Å²) in [5.74, 6) is 3.90. The molecule has 3 aromatic carbocycles. The molecule has 0 spiro atoms. The second-order valence-corrected chi connectivity index (χ2v) is 16.9. The molecule has 0 bridgehead atoms. The van der Waals surface area contributed by atoms with E-state index in [0.717, 1.165) is 32.1 Å². The van der Waals surface area contributed by atoms with Crippen molar-refractivity contribution in [1.29, 1.82) is 0 Å². The van der Waals surface area contributed by atoms with E-state index in [1.54, 1.807) is 58.3 Å². The summed E-state index contributed by atoms with van der Waals surface area (Å²) in [6.07, 6.45) is 5.49. The van der Waals surface area contributed by atoms with Gasteiger partial charge >= 0.3 is 0 Å². The minimum Gasteiger partial charge on any atom is -0.484 e. The molecule has 2 saturated heterocycles. The van der Waals surface area contributed by atoms with E-state index in [-0.39, 0.29) is 36.9 Å². The molecule has 18 nitrogen and oxygen atoms in total. The van der Waals surface area contributed by atoms with Crippen molar-refractivity contribution < 1.29 is 27.9 Å². The summed E-state index contributed by atoms with van der Waals surface area (Å²) >= 11 is 11.8. The van der Waals surface area contributed by atoms with Crippen LogP contribution in [0.1, 0.15) is 43.5 Å². The molecule has 9 rings (SSSR count). The third-order valence-corrected chi connectivity index (χ3v) is 11.8. The van der Waals surface area contributed by atoms with Crippen LogP contribution in [0.15, 0.2) is 87.7 Å². The van der Waals surface area contributed by atoms with E-state index in [1.165, 1.54) is 5.56 Å². The molecule has 0 aliphatic carbocycles. The number of nitrogens with zero attached hydrogens (tertiary/aromatic N) is 10. The highest BCUT2D eigenvalue weighted by molar-refractivity contribution is 6.30. The SMILES string of the molecule is CCCCCc1nc2c(N3CCN(C(=O)COc4ccc(Cl)cc4)CC3)nc(N)nc2o1.Nc1nc(N2CCN(C(=O)COc3ccc(Cl)cc3)CC2)c2nc(CCc3ccccc3)oc2n1. The van der Waals surface area contributed by atoms with Crippen molar-refractivity contribution in [3.63, 3.8) is 0 Å². The Kier molecular flexibility index (Phi) is 15.3. The Labute approximate surface area is 397 Å². The summed E-state index contributed by atoms with van der Waals surface area (Å²) in [7, 11) is 0. The fourth-order valence-electron chi connectivity index (χ4n) is 7.68. The van der Waals surface area contributed by atoms with E-state index in [2.05, 4.69) is 58.8 Å². The van der Waals surface area contributed by atoms with E-state index >= 15 is 0 Å². The Hall–Kier alpha value is -6.92. The first-order chi connectivity index (χ1) is 32.6. The summed E-state index contributed by atoms with van der Waals surface area (Å²) in [6.45, 7) is 6.67. The second kappa shape index (κ2) is 22.0. The molecule has 2 aliphatic rings. The number of aromatic nitrogens is 6. The number of halogens is 2. The zero-order chi connectivity index (χ0) is 46.7. The molecule has 0 unspecified atom stereocenters. The molecule has 2 aliphatic heterocycles. The molecule has 7 aromatic rings. The number of nitrogen functional groups attached to an aromatic ring is 2. The lowest BCUT2D eigenvalue weighted by molar-refractivity contribution is -0.134. The standard InChI is InChI=1S/C25H25ClN6O3.C22H27ClN6O3/c26-18-7-9-19(10-8-18)34-16-21(33)31-12-14-32(15-13-31)23-22-24(30-25(27)29-23)35-20(28-22)11-6-17-4-2-1-3-5-17;1-2-3-4-5-17-25-19-20(26-22(24)27-21(19)32-17)29-12-10-28(11-13-29)18(30)14-31-16-8-6-15(23)7-9-16/h1-5,7-10H,6,11-16H2,(H2,27,29,30);6-9H,2-5,10-14H2,1H3,(H2,24,26,27). The molecule has 4 N–H and O–H groups in total. The highest BCUT2D eigenvalue weighted by Crippen LogP contribution is 2.29. The number of hydrogen-bond acceptors (Lipinski definition) is 16. The largest absolute Gasteiger partial charge is 0.484 e. The normalized spacial score (nSPS) is 14.0. The van der Waals surface area contributed by atoms with Crippen LogP contribution >= 0.6 is 23.2 Å². The van der Waals surface area contributed by atoms with Gasteiger partial charge < -0.3 is 49.4 Å². The van der Waals surface area contributed by atoms with Crippen LogP contribution in [-0.2, 0) is 28.9 Å². The first-order valence-corrected chi connectivity index (χ1v) is 23.1. The van der Waals surface area contributed by atoms with Crippen molar-refractivity contribution in [2.45, 2.75) is 45.4 Å². The third-order valence-electron chi connectivity index (χ3n) is 11.3. The predicted octanol–water partition coefficient (Wildman–Crippen LogP) is 6.68. The van der Waals surface area contributed by atoms with E-state index in [0.29, 0.717) is 126 Å². The smallest absolute Gasteiger partial charge is 0.260 e. The summed E-state index contributed by atoms with van der Waals surface area (Å²) < 4.78 is 22.9. The van der Waals surface area contributed by atoms with Crippen LogP contribution in [0, 0.1) is 0 Å². The van der Waals surface area contributed by atoms with Crippen molar-refractivity contribution in [1.82, 2.24) is 39.7 Å². The van der Waals surface area contributed by atoms with Crippen LogP contribution < -0.4 is 30.7 Å². The molecular weight excluding hydrogens is 900 g/mol. The first kappa shape index (κ1) is 46.6. The first-order valence-electron chi connectivity index (χ1n) is 22.3. The van der Waals surface area contributed by atoms with E-state index in [9.17, 15) is 9.59 Å². The number of carbonyl (C=O) groups excluding carboxylic acids is 2. The average molecular weight is 952 g/mol. The Morgan fingerprint density at radius 2 is 1.01 bits per heavy atom. The number of amides is 2. The van der Waals surface area contributed by atoms with Crippen LogP contribution in [0.2, 0.25) is 10.0 Å². The lowest BCUT2D eigenvalue weighted by Gasteiger charge is -2.35. The second-order valence-electron chi connectivity index (χ2n) is 16.0. The van der Waals surface area contributed by atoms with Gasteiger partial charge in [-0.2, -0.15) is 19.9 Å². The van der Waals surface area contributed by atoms with Crippen molar-refractivity contribution in [3.8, 4) is 11.5 Å². The molecule has 2 amide bonds. The molecule has 0 atom stereocenters. The van der Waals surface area contributed by atoms with Gasteiger partial charge in [0.15, 0.2) is 47.7 Å². The van der Waals surface area contributed by atoms with Crippen LogP contribution in [0.5, 0.6) is 11.5 Å². The number of nitrogens with two attached hydrogens (primary N) is 2. The Morgan fingerprint density at radius 1 is 0.567 bits per heavy atom. The number of aryl methyl sites for hydroxylation is 3. The van der Waals surface area contributed by atoms with Crippen LogP contribution in [0.4, 0.5) is 23.5 Å². The highest BCUT2D eigenvalue weighted by Gasteiger charge is 2.28. The Balaban J connectivity index is 0.000000182. The number of ether oxygens (including phenoxy) is 2. The molecule has 350 valence electrons. The molecule has 67 heavy (non-hydrogen) atoms. The molecule has 6 heterocycles. The number of carbonyl (C=O) groups is 2. The van der Waals surface area contributed by atoms with Gasteiger partial charge in [0.2, 0.25) is 11.9 Å². The maximum atomic E-state index is 12.6. The van der Waals surface area contributed by atoms with Crippen molar-refractivity contribution in [2.24, 2.45) is 0 Å². The highest BCUT2D eigenvalue weighted by atomic mass is 35.5. The lowest BCUT2D eigenvalue weighted by atomic mass is 10.1. The molecule has 4 aromatic heterocycles. The maximum absolute atomic E-state index is 12.6. The third kappa shape index (κ3) is 12.3. The van der Waals surface area contributed by atoms with Crippen LogP contribution in [0.25, 0.3) is 22.5 Å². The zero-order valence-corrected chi connectivity index (χ0v) is 38.7. The Morgan fingerprint density at radius 3 is 1.46 bits per heavy atom. The number of oxazole rings is 2. The summed E-state index contributed by atoms with van der Waals surface area (Å²) in [4.78, 5) is 59.5.